The first-order chi connectivity index (χ1) is 15.8. The van der Waals surface area contributed by atoms with Gasteiger partial charge in [-0.3, -0.25) is 9.59 Å². The van der Waals surface area contributed by atoms with Gasteiger partial charge in [0.05, 0.1) is 18.6 Å². The van der Waals surface area contributed by atoms with Crippen molar-refractivity contribution in [3.63, 3.8) is 0 Å². The summed E-state index contributed by atoms with van der Waals surface area (Å²) >= 11 is 0. The molecule has 5 fully saturated rings. The zero-order valence-corrected chi connectivity index (χ0v) is 22.7. The number of hydrogen-bond donors (Lipinski definition) is 1. The Morgan fingerprint density at radius 3 is 2.15 bits per heavy atom. The third-order valence-corrected chi connectivity index (χ3v) is 13.5. The summed E-state index contributed by atoms with van der Waals surface area (Å²) in [4.78, 5) is 26.1. The number of carbonyl (C=O) groups is 2. The molecule has 0 aromatic heterocycles. The molecule has 0 aliphatic heterocycles. The van der Waals surface area contributed by atoms with Crippen LogP contribution >= 0.6 is 0 Å². The molecule has 192 valence electrons. The number of methoxy groups -OCH3 is 1. The van der Waals surface area contributed by atoms with Gasteiger partial charge in [-0.15, -0.1) is 0 Å². The fourth-order valence-corrected chi connectivity index (χ4v) is 11.6. The minimum atomic E-state index is -0.462. The minimum absolute atomic E-state index is 0.000406. The predicted octanol–water partition coefficient (Wildman–Crippen LogP) is 6.19. The molecule has 0 heterocycles. The van der Waals surface area contributed by atoms with Gasteiger partial charge in [0.2, 0.25) is 0 Å². The van der Waals surface area contributed by atoms with E-state index in [0.29, 0.717) is 17.8 Å². The van der Waals surface area contributed by atoms with Crippen molar-refractivity contribution in [3.05, 3.63) is 0 Å². The highest BCUT2D eigenvalue weighted by atomic mass is 16.5. The number of aliphatic hydroxyl groups excluding tert-OH is 1. The second-order valence-corrected chi connectivity index (χ2v) is 14.5. The van der Waals surface area contributed by atoms with E-state index in [4.69, 9.17) is 4.74 Å². The van der Waals surface area contributed by atoms with E-state index in [9.17, 15) is 14.7 Å². The Balaban J connectivity index is 1.56. The highest BCUT2D eigenvalue weighted by Crippen LogP contribution is 2.77. The van der Waals surface area contributed by atoms with Gasteiger partial charge < -0.3 is 9.84 Å². The van der Waals surface area contributed by atoms with Crippen LogP contribution < -0.4 is 0 Å². The van der Waals surface area contributed by atoms with Gasteiger partial charge in [-0.1, -0.05) is 34.6 Å². The van der Waals surface area contributed by atoms with Crippen LogP contribution in [0.4, 0.5) is 0 Å². The molecule has 0 spiro atoms. The number of rotatable bonds is 2. The molecule has 5 saturated carbocycles. The quantitative estimate of drug-likeness (QED) is 0.487. The van der Waals surface area contributed by atoms with E-state index in [2.05, 4.69) is 34.6 Å². The van der Waals surface area contributed by atoms with E-state index >= 15 is 0 Å². The van der Waals surface area contributed by atoms with Gasteiger partial charge in [0.25, 0.3) is 0 Å². The highest BCUT2D eigenvalue weighted by molar-refractivity contribution is 5.84. The summed E-state index contributed by atoms with van der Waals surface area (Å²) < 4.78 is 5.41. The second kappa shape index (κ2) is 7.56. The van der Waals surface area contributed by atoms with Crippen LogP contribution in [0.25, 0.3) is 0 Å². The monoisotopic (exact) mass is 472 g/mol. The summed E-state index contributed by atoms with van der Waals surface area (Å²) in [6, 6.07) is 0. The molecule has 0 amide bonds. The zero-order chi connectivity index (χ0) is 24.9. The van der Waals surface area contributed by atoms with Crippen molar-refractivity contribution in [3.8, 4) is 0 Å². The lowest BCUT2D eigenvalue weighted by atomic mass is 9.32. The largest absolute Gasteiger partial charge is 0.469 e. The number of esters is 1. The molecule has 4 nitrogen and oxygen atoms in total. The lowest BCUT2D eigenvalue weighted by Crippen LogP contribution is -2.67. The topological polar surface area (TPSA) is 63.6 Å². The number of aliphatic hydroxyl groups is 1. The Bertz CT molecular complexity index is 879. The van der Waals surface area contributed by atoms with Crippen molar-refractivity contribution in [1.29, 1.82) is 0 Å². The minimum Gasteiger partial charge on any atom is -0.469 e. The van der Waals surface area contributed by atoms with Crippen molar-refractivity contribution in [2.75, 3.05) is 7.11 Å². The smallest absolute Gasteiger partial charge is 0.312 e. The maximum Gasteiger partial charge on any atom is 0.312 e. The normalized spacial score (nSPS) is 53.6. The van der Waals surface area contributed by atoms with Crippen LogP contribution in [0.5, 0.6) is 0 Å². The highest BCUT2D eigenvalue weighted by Gasteiger charge is 2.72. The Kier molecular flexibility index (Phi) is 5.51. The number of ketones is 1. The van der Waals surface area contributed by atoms with Crippen LogP contribution in [0.2, 0.25) is 0 Å². The number of Topliss-reactive ketones (excluding diaryl/α,β-unsaturated/α-hetero) is 1. The van der Waals surface area contributed by atoms with E-state index in [0.717, 1.165) is 44.9 Å². The molecule has 0 saturated heterocycles. The molecule has 5 aliphatic rings. The van der Waals surface area contributed by atoms with Gasteiger partial charge in [-0.2, -0.15) is 0 Å². The molecule has 5 aliphatic carbocycles. The van der Waals surface area contributed by atoms with Gasteiger partial charge in [0.15, 0.2) is 0 Å². The summed E-state index contributed by atoms with van der Waals surface area (Å²) in [5, 5.41) is 10.9. The molecule has 10 atom stereocenters. The van der Waals surface area contributed by atoms with E-state index in [1.54, 1.807) is 6.92 Å². The molecule has 4 unspecified atom stereocenters. The first kappa shape index (κ1) is 24.8. The van der Waals surface area contributed by atoms with E-state index < -0.39 is 5.41 Å². The average Bonchev–Trinajstić information content (AvgIpc) is 3.18. The summed E-state index contributed by atoms with van der Waals surface area (Å²) in [5.41, 5.74) is 0.0761. The summed E-state index contributed by atoms with van der Waals surface area (Å²) in [6.07, 6.45) is 10.1. The van der Waals surface area contributed by atoms with E-state index in [-0.39, 0.29) is 51.4 Å². The molecule has 0 radical (unpaired) electrons. The SMILES string of the molecule is COC(=O)[C@]12CC[C@@H](C(C)=O)C1C1CCC3[C@@]4(C)CC[C@H](O)C(C)(C)C4CC[C@@]3(C)[C@]1(C)CC2. The Labute approximate surface area is 207 Å². The Hall–Kier alpha value is -0.900. The van der Waals surface area contributed by atoms with Crippen LogP contribution in [0.1, 0.15) is 106 Å². The van der Waals surface area contributed by atoms with Gasteiger partial charge >= 0.3 is 5.97 Å². The molecule has 0 aromatic rings. The Morgan fingerprint density at radius 1 is 0.794 bits per heavy atom. The van der Waals surface area contributed by atoms with Gasteiger partial charge in [-0.05, 0) is 116 Å². The van der Waals surface area contributed by atoms with Crippen molar-refractivity contribution in [1.82, 2.24) is 0 Å². The molecule has 1 N–H and O–H groups in total. The van der Waals surface area contributed by atoms with Gasteiger partial charge in [0.1, 0.15) is 5.78 Å². The van der Waals surface area contributed by atoms with Crippen molar-refractivity contribution < 1.29 is 19.4 Å². The third kappa shape index (κ3) is 2.81. The fourth-order valence-electron chi connectivity index (χ4n) is 11.6. The van der Waals surface area contributed by atoms with Crippen LogP contribution in [0.15, 0.2) is 0 Å². The maximum atomic E-state index is 13.3. The number of carbonyl (C=O) groups excluding carboxylic acids is 2. The first-order valence-electron chi connectivity index (χ1n) is 14.1. The molecule has 34 heavy (non-hydrogen) atoms. The van der Waals surface area contributed by atoms with Crippen molar-refractivity contribution in [2.24, 2.45) is 56.7 Å². The zero-order valence-electron chi connectivity index (χ0n) is 22.7. The molecule has 4 heteroatoms. The molecular weight excluding hydrogens is 424 g/mol. The number of hydrogen-bond acceptors (Lipinski definition) is 4. The number of fused-ring (bicyclic) bond motifs is 7. The van der Waals surface area contributed by atoms with Crippen LogP contribution in [0.3, 0.4) is 0 Å². The third-order valence-electron chi connectivity index (χ3n) is 13.5. The maximum absolute atomic E-state index is 13.3. The fraction of sp³-hybridized carbons (Fsp3) is 0.933. The van der Waals surface area contributed by atoms with Crippen LogP contribution in [0, 0.1) is 56.7 Å². The Morgan fingerprint density at radius 2 is 1.50 bits per heavy atom. The number of ether oxygens (including phenoxy) is 1. The average molecular weight is 473 g/mol. The van der Waals surface area contributed by atoms with E-state index in [1.165, 1.54) is 26.4 Å². The molecule has 0 aromatic carbocycles. The summed E-state index contributed by atoms with van der Waals surface area (Å²) in [6.45, 7) is 14.0. The molecule has 0 bridgehead atoms. The molecular formula is C30H48O4. The predicted molar refractivity (Wildman–Crippen MR) is 133 cm³/mol. The molecule has 5 rings (SSSR count). The van der Waals surface area contributed by atoms with Crippen molar-refractivity contribution in [2.45, 2.75) is 112 Å². The summed E-state index contributed by atoms with van der Waals surface area (Å²) in [5.74, 6) is 1.93. The van der Waals surface area contributed by atoms with Crippen LogP contribution in [-0.4, -0.2) is 30.1 Å². The second-order valence-electron chi connectivity index (χ2n) is 14.5. The van der Waals surface area contributed by atoms with Crippen LogP contribution in [-0.2, 0) is 14.3 Å². The van der Waals surface area contributed by atoms with Gasteiger partial charge in [-0.25, -0.2) is 0 Å². The first-order valence-corrected chi connectivity index (χ1v) is 14.1. The lowest BCUT2D eigenvalue weighted by Gasteiger charge is -2.72. The van der Waals surface area contributed by atoms with Gasteiger partial charge in [0, 0.05) is 5.92 Å². The van der Waals surface area contributed by atoms with E-state index in [1.807, 2.05) is 0 Å². The summed E-state index contributed by atoms with van der Waals surface area (Å²) in [7, 11) is 1.53. The van der Waals surface area contributed by atoms with Crippen molar-refractivity contribution >= 4 is 11.8 Å². The lowest BCUT2D eigenvalue weighted by molar-refractivity contribution is -0.248. The standard InChI is InChI=1S/C30H48O4/c1-18(31)19-10-15-30(25(33)34-7)17-16-28(5)20(24(19)30)8-9-22-27(4)13-12-23(32)26(2,3)21(27)11-14-29(22,28)6/h19-24,32H,8-17H2,1-7H3/t19-,20?,21?,22?,23-,24?,27-,28+,29+,30-/m0/s1.